The molecule has 0 bridgehead atoms. The Labute approximate surface area is 171 Å². The molecule has 1 rings (SSSR count). The summed E-state index contributed by atoms with van der Waals surface area (Å²) in [7, 11) is 0. The summed E-state index contributed by atoms with van der Waals surface area (Å²) in [6.45, 7) is 8.25. The van der Waals surface area contributed by atoms with Crippen molar-refractivity contribution in [1.29, 1.82) is 0 Å². The Balaban J connectivity index is 1.93. The second kappa shape index (κ2) is 16.4. The third-order valence-electron chi connectivity index (χ3n) is 4.57. The third kappa shape index (κ3) is 12.8. The maximum absolute atomic E-state index is 11.9. The van der Waals surface area contributed by atoms with Crippen LogP contribution in [-0.2, 0) is 9.78 Å². The SMILES string of the molecule is [CH2]CCCCCCCCCCCCCOOC(=O)c1ccc(OC(C)C)cc1. The first kappa shape index (κ1) is 24.5. The minimum absolute atomic E-state index is 0.106. The highest BCUT2D eigenvalue weighted by Crippen LogP contribution is 2.15. The van der Waals surface area contributed by atoms with Gasteiger partial charge in [0.25, 0.3) is 0 Å². The van der Waals surface area contributed by atoms with Crippen LogP contribution in [0.2, 0.25) is 0 Å². The molecule has 0 heterocycles. The molecule has 0 spiro atoms. The van der Waals surface area contributed by atoms with E-state index in [0.29, 0.717) is 12.2 Å². The van der Waals surface area contributed by atoms with Crippen LogP contribution in [0.15, 0.2) is 24.3 Å². The predicted octanol–water partition coefficient (Wildman–Crippen LogP) is 7.08. The highest BCUT2D eigenvalue weighted by Gasteiger charge is 2.08. The summed E-state index contributed by atoms with van der Waals surface area (Å²) in [5, 5.41) is 0. The summed E-state index contributed by atoms with van der Waals surface area (Å²) in [5.74, 6) is 0.271. The molecule has 0 aromatic heterocycles. The van der Waals surface area contributed by atoms with Gasteiger partial charge in [0.05, 0.1) is 18.3 Å². The lowest BCUT2D eigenvalue weighted by molar-refractivity contribution is -0.241. The lowest BCUT2D eigenvalue weighted by Gasteiger charge is -2.09. The van der Waals surface area contributed by atoms with Crippen molar-refractivity contribution in [2.24, 2.45) is 0 Å². The second-order valence-electron chi connectivity index (χ2n) is 7.63. The van der Waals surface area contributed by atoms with Gasteiger partial charge in [-0.1, -0.05) is 77.6 Å². The van der Waals surface area contributed by atoms with Crippen molar-refractivity contribution in [3.05, 3.63) is 36.8 Å². The summed E-state index contributed by atoms with van der Waals surface area (Å²) in [4.78, 5) is 21.8. The van der Waals surface area contributed by atoms with Gasteiger partial charge >= 0.3 is 5.97 Å². The molecule has 4 heteroatoms. The Bertz CT molecular complexity index is 496. The fraction of sp³-hybridized carbons (Fsp3) is 0.667. The molecule has 0 fully saturated rings. The molecule has 0 unspecified atom stereocenters. The number of benzene rings is 1. The van der Waals surface area contributed by atoms with Gasteiger partial charge < -0.3 is 4.74 Å². The van der Waals surface area contributed by atoms with E-state index in [1.807, 2.05) is 13.8 Å². The molecule has 159 valence electrons. The van der Waals surface area contributed by atoms with Gasteiger partial charge in [-0.2, -0.15) is 4.89 Å². The van der Waals surface area contributed by atoms with E-state index in [1.54, 1.807) is 24.3 Å². The first-order chi connectivity index (χ1) is 13.6. The molecule has 0 aliphatic heterocycles. The first-order valence-corrected chi connectivity index (χ1v) is 11.0. The van der Waals surface area contributed by atoms with Crippen molar-refractivity contribution in [1.82, 2.24) is 0 Å². The minimum atomic E-state index is -0.466. The lowest BCUT2D eigenvalue weighted by atomic mass is 10.1. The van der Waals surface area contributed by atoms with E-state index < -0.39 is 5.97 Å². The molecule has 1 aromatic rings. The summed E-state index contributed by atoms with van der Waals surface area (Å²) < 4.78 is 5.55. The number of carbonyl (C=O) groups is 1. The van der Waals surface area contributed by atoms with Crippen LogP contribution in [0.1, 0.15) is 101 Å². The third-order valence-corrected chi connectivity index (χ3v) is 4.57. The van der Waals surface area contributed by atoms with Crippen molar-refractivity contribution in [3.63, 3.8) is 0 Å². The van der Waals surface area contributed by atoms with Gasteiger partial charge in [-0.3, -0.25) is 4.89 Å². The van der Waals surface area contributed by atoms with Crippen LogP contribution in [0.4, 0.5) is 0 Å². The smallest absolute Gasteiger partial charge is 0.373 e. The molecular weight excluding hydrogens is 352 g/mol. The molecule has 0 aliphatic carbocycles. The Morgan fingerprint density at radius 1 is 0.821 bits per heavy atom. The van der Waals surface area contributed by atoms with Crippen LogP contribution >= 0.6 is 0 Å². The van der Waals surface area contributed by atoms with Crippen LogP contribution in [0.3, 0.4) is 0 Å². The van der Waals surface area contributed by atoms with E-state index in [2.05, 4.69) is 6.92 Å². The van der Waals surface area contributed by atoms with E-state index in [9.17, 15) is 4.79 Å². The average Bonchev–Trinajstić information content (AvgIpc) is 2.68. The van der Waals surface area contributed by atoms with Crippen LogP contribution in [0.25, 0.3) is 0 Å². The predicted molar refractivity (Wildman–Crippen MR) is 114 cm³/mol. The van der Waals surface area contributed by atoms with Gasteiger partial charge in [0, 0.05) is 0 Å². The van der Waals surface area contributed by atoms with Crippen molar-refractivity contribution in [2.45, 2.75) is 97.0 Å². The molecule has 0 saturated carbocycles. The molecule has 1 radical (unpaired) electrons. The van der Waals surface area contributed by atoms with Crippen LogP contribution in [-0.4, -0.2) is 18.7 Å². The van der Waals surface area contributed by atoms with Gasteiger partial charge in [-0.15, -0.1) is 0 Å². The molecule has 4 nitrogen and oxygen atoms in total. The average molecular weight is 392 g/mol. The molecule has 1 aromatic carbocycles. The van der Waals surface area contributed by atoms with Gasteiger partial charge in [-0.05, 0) is 44.5 Å². The van der Waals surface area contributed by atoms with E-state index in [1.165, 1.54) is 57.8 Å². The number of carbonyl (C=O) groups excluding carboxylic acids is 1. The molecule has 28 heavy (non-hydrogen) atoms. The Morgan fingerprint density at radius 3 is 1.82 bits per heavy atom. The highest BCUT2D eigenvalue weighted by molar-refractivity contribution is 5.89. The van der Waals surface area contributed by atoms with Crippen molar-refractivity contribution in [2.75, 3.05) is 6.61 Å². The van der Waals surface area contributed by atoms with Gasteiger partial charge in [0.15, 0.2) is 0 Å². The summed E-state index contributed by atoms with van der Waals surface area (Å²) in [6.07, 6.45) is 15.1. The molecule has 0 atom stereocenters. The first-order valence-electron chi connectivity index (χ1n) is 11.0. The molecular formula is C24H39O4. The number of unbranched alkanes of at least 4 members (excludes halogenated alkanes) is 11. The summed E-state index contributed by atoms with van der Waals surface area (Å²) >= 11 is 0. The lowest BCUT2D eigenvalue weighted by Crippen LogP contribution is -2.08. The van der Waals surface area contributed by atoms with E-state index in [0.717, 1.165) is 25.0 Å². The van der Waals surface area contributed by atoms with Gasteiger partial charge in [0.2, 0.25) is 0 Å². The van der Waals surface area contributed by atoms with Crippen molar-refractivity contribution < 1.29 is 19.3 Å². The van der Waals surface area contributed by atoms with E-state index >= 15 is 0 Å². The Kier molecular flexibility index (Phi) is 14.4. The number of rotatable bonds is 17. The van der Waals surface area contributed by atoms with Crippen LogP contribution in [0.5, 0.6) is 5.75 Å². The summed E-state index contributed by atoms with van der Waals surface area (Å²) in [5.41, 5.74) is 0.461. The largest absolute Gasteiger partial charge is 0.491 e. The fourth-order valence-electron chi connectivity index (χ4n) is 3.01. The normalized spacial score (nSPS) is 11.0. The Hall–Kier alpha value is -1.55. The molecule has 0 aliphatic rings. The zero-order valence-electron chi connectivity index (χ0n) is 17.9. The topological polar surface area (TPSA) is 44.8 Å². The van der Waals surface area contributed by atoms with Crippen LogP contribution < -0.4 is 4.74 Å². The Morgan fingerprint density at radius 2 is 1.32 bits per heavy atom. The number of hydrogen-bond acceptors (Lipinski definition) is 4. The monoisotopic (exact) mass is 391 g/mol. The quantitative estimate of drug-likeness (QED) is 0.162. The van der Waals surface area contributed by atoms with Crippen molar-refractivity contribution in [3.8, 4) is 5.75 Å². The zero-order valence-corrected chi connectivity index (χ0v) is 17.9. The second-order valence-corrected chi connectivity index (χ2v) is 7.63. The molecule has 0 saturated heterocycles. The summed E-state index contributed by atoms with van der Waals surface area (Å²) in [6, 6.07) is 6.90. The van der Waals surface area contributed by atoms with Gasteiger partial charge in [0.1, 0.15) is 5.75 Å². The standard InChI is InChI=1S/C24H39O4/c1-4-5-6-7-8-9-10-11-12-13-14-15-20-26-28-24(25)22-16-18-23(19-17-22)27-21(2)3/h16-19,21H,1,4-15,20H2,2-3H3. The fourth-order valence-corrected chi connectivity index (χ4v) is 3.01. The van der Waals surface area contributed by atoms with E-state index in [4.69, 9.17) is 14.5 Å². The molecule has 0 amide bonds. The zero-order chi connectivity index (χ0) is 20.5. The van der Waals surface area contributed by atoms with E-state index in [-0.39, 0.29) is 6.10 Å². The number of ether oxygens (including phenoxy) is 1. The molecule has 0 N–H and O–H groups in total. The highest BCUT2D eigenvalue weighted by atomic mass is 17.2. The van der Waals surface area contributed by atoms with Crippen LogP contribution in [0, 0.1) is 6.92 Å². The van der Waals surface area contributed by atoms with Gasteiger partial charge in [-0.25, -0.2) is 4.79 Å². The maximum atomic E-state index is 11.9. The minimum Gasteiger partial charge on any atom is -0.491 e. The maximum Gasteiger partial charge on any atom is 0.373 e. The number of hydrogen-bond donors (Lipinski definition) is 0. The van der Waals surface area contributed by atoms with Crippen molar-refractivity contribution >= 4 is 5.97 Å².